The van der Waals surface area contributed by atoms with Crippen LogP contribution < -0.4 is 4.74 Å². The number of hydrogen-bond donors (Lipinski definition) is 0. The van der Waals surface area contributed by atoms with Crippen LogP contribution in [0.1, 0.15) is 12.8 Å². The second-order valence-corrected chi connectivity index (χ2v) is 5.14. The fraction of sp³-hybridized carbons (Fsp3) is 0.467. The Morgan fingerprint density at radius 2 is 2.33 bits per heavy atom. The Labute approximate surface area is 123 Å². The van der Waals surface area contributed by atoms with Gasteiger partial charge in [0.15, 0.2) is 0 Å². The Kier molecular flexibility index (Phi) is 4.17. The Morgan fingerprint density at radius 1 is 1.43 bits per heavy atom. The molecule has 0 unspecified atom stereocenters. The third kappa shape index (κ3) is 3.22. The molecule has 1 aromatic heterocycles. The maximum atomic E-state index is 5.43. The highest BCUT2D eigenvalue weighted by atomic mass is 16.5. The molecular formula is C15H19N3O3. The molecule has 6 nitrogen and oxygen atoms in total. The van der Waals surface area contributed by atoms with E-state index in [1.807, 2.05) is 24.3 Å². The molecule has 0 bridgehead atoms. The lowest BCUT2D eigenvalue weighted by Gasteiger charge is -2.31. The summed E-state index contributed by atoms with van der Waals surface area (Å²) in [5, 5.41) is 4.05. The third-order valence-corrected chi connectivity index (χ3v) is 3.64. The molecule has 2 aromatic rings. The summed E-state index contributed by atoms with van der Waals surface area (Å²) < 4.78 is 16.0. The molecule has 1 fully saturated rings. The average Bonchev–Trinajstić information content (AvgIpc) is 2.98. The maximum absolute atomic E-state index is 5.43. The van der Waals surface area contributed by atoms with E-state index in [1.54, 1.807) is 7.11 Å². The number of methoxy groups -OCH3 is 1. The van der Waals surface area contributed by atoms with E-state index in [9.17, 15) is 0 Å². The van der Waals surface area contributed by atoms with Crippen molar-refractivity contribution >= 4 is 0 Å². The van der Waals surface area contributed by atoms with Crippen LogP contribution in [0, 0.1) is 0 Å². The normalized spacial score (nSPS) is 19.6. The highest BCUT2D eigenvalue weighted by molar-refractivity contribution is 5.56. The molecule has 21 heavy (non-hydrogen) atoms. The van der Waals surface area contributed by atoms with E-state index in [1.165, 1.54) is 0 Å². The standard InChI is InChI=1S/C15H19N3O3/c1-11-10-20-7-6-18(11)9-14-16-15(17-21-14)12-4-3-5-13(8-12)19-2/h3-5,8,11H,6-7,9-10H2,1-2H3/t11-/m0/s1. The first-order valence-electron chi connectivity index (χ1n) is 7.05. The van der Waals surface area contributed by atoms with Gasteiger partial charge in [-0.1, -0.05) is 17.3 Å². The molecule has 0 aliphatic carbocycles. The van der Waals surface area contributed by atoms with Gasteiger partial charge < -0.3 is 14.0 Å². The number of morpholine rings is 1. The van der Waals surface area contributed by atoms with Gasteiger partial charge >= 0.3 is 0 Å². The fourth-order valence-corrected chi connectivity index (χ4v) is 2.37. The molecule has 1 atom stereocenters. The molecule has 1 aliphatic rings. The van der Waals surface area contributed by atoms with Crippen LogP contribution in [0.2, 0.25) is 0 Å². The van der Waals surface area contributed by atoms with E-state index in [0.717, 1.165) is 31.1 Å². The summed E-state index contributed by atoms with van der Waals surface area (Å²) in [6.07, 6.45) is 0. The van der Waals surface area contributed by atoms with Crippen molar-refractivity contribution in [3.8, 4) is 17.1 Å². The van der Waals surface area contributed by atoms with Gasteiger partial charge in [-0.05, 0) is 19.1 Å². The van der Waals surface area contributed by atoms with Gasteiger partial charge in [-0.3, -0.25) is 4.90 Å². The monoisotopic (exact) mass is 289 g/mol. The summed E-state index contributed by atoms with van der Waals surface area (Å²) in [7, 11) is 1.64. The fourth-order valence-electron chi connectivity index (χ4n) is 2.37. The summed E-state index contributed by atoms with van der Waals surface area (Å²) >= 11 is 0. The molecule has 1 aliphatic heterocycles. The van der Waals surface area contributed by atoms with E-state index in [-0.39, 0.29) is 0 Å². The van der Waals surface area contributed by atoms with E-state index in [0.29, 0.717) is 24.3 Å². The zero-order chi connectivity index (χ0) is 14.7. The number of benzene rings is 1. The van der Waals surface area contributed by atoms with Crippen molar-refractivity contribution in [3.05, 3.63) is 30.2 Å². The highest BCUT2D eigenvalue weighted by Gasteiger charge is 2.21. The van der Waals surface area contributed by atoms with Crippen molar-refractivity contribution in [1.29, 1.82) is 0 Å². The minimum atomic E-state index is 0.367. The quantitative estimate of drug-likeness (QED) is 0.857. The molecule has 0 saturated carbocycles. The van der Waals surface area contributed by atoms with Crippen LogP contribution in [0.4, 0.5) is 0 Å². The lowest BCUT2D eigenvalue weighted by molar-refractivity contribution is -0.00852. The van der Waals surface area contributed by atoms with Gasteiger partial charge in [0.1, 0.15) is 5.75 Å². The lowest BCUT2D eigenvalue weighted by atomic mass is 10.2. The molecule has 0 amide bonds. The van der Waals surface area contributed by atoms with Gasteiger partial charge in [-0.25, -0.2) is 0 Å². The van der Waals surface area contributed by atoms with Gasteiger partial charge in [-0.2, -0.15) is 4.98 Å². The zero-order valence-corrected chi connectivity index (χ0v) is 12.3. The van der Waals surface area contributed by atoms with Gasteiger partial charge in [0.05, 0.1) is 26.9 Å². The molecule has 0 spiro atoms. The topological polar surface area (TPSA) is 60.6 Å². The molecule has 1 aromatic carbocycles. The predicted molar refractivity (Wildman–Crippen MR) is 77.0 cm³/mol. The second kappa shape index (κ2) is 6.24. The highest BCUT2D eigenvalue weighted by Crippen LogP contribution is 2.21. The Balaban J connectivity index is 1.73. The summed E-state index contributed by atoms with van der Waals surface area (Å²) in [5.41, 5.74) is 0.888. The van der Waals surface area contributed by atoms with Gasteiger partial charge in [0, 0.05) is 18.2 Å². The molecule has 0 N–H and O–H groups in total. The molecule has 6 heteroatoms. The minimum Gasteiger partial charge on any atom is -0.497 e. The molecule has 0 radical (unpaired) electrons. The van der Waals surface area contributed by atoms with Crippen LogP contribution >= 0.6 is 0 Å². The van der Waals surface area contributed by atoms with Crippen LogP contribution in [-0.4, -0.2) is 48.0 Å². The van der Waals surface area contributed by atoms with E-state index in [4.69, 9.17) is 14.0 Å². The van der Waals surface area contributed by atoms with Gasteiger partial charge in [0.2, 0.25) is 11.7 Å². The Bertz CT molecular complexity index is 599. The molecular weight excluding hydrogens is 270 g/mol. The van der Waals surface area contributed by atoms with E-state index < -0.39 is 0 Å². The van der Waals surface area contributed by atoms with Crippen molar-refractivity contribution in [2.75, 3.05) is 26.9 Å². The van der Waals surface area contributed by atoms with Crippen molar-refractivity contribution in [2.24, 2.45) is 0 Å². The Hall–Kier alpha value is -1.92. The summed E-state index contributed by atoms with van der Waals surface area (Å²) in [4.78, 5) is 6.75. The smallest absolute Gasteiger partial charge is 0.241 e. The van der Waals surface area contributed by atoms with Crippen molar-refractivity contribution < 1.29 is 14.0 Å². The maximum Gasteiger partial charge on any atom is 0.241 e. The minimum absolute atomic E-state index is 0.367. The molecule has 112 valence electrons. The van der Waals surface area contributed by atoms with Crippen molar-refractivity contribution in [3.63, 3.8) is 0 Å². The third-order valence-electron chi connectivity index (χ3n) is 3.64. The Morgan fingerprint density at radius 3 is 3.14 bits per heavy atom. The second-order valence-electron chi connectivity index (χ2n) is 5.14. The summed E-state index contributed by atoms with van der Waals surface area (Å²) in [5.74, 6) is 1.99. The first-order chi connectivity index (χ1) is 10.3. The number of rotatable bonds is 4. The van der Waals surface area contributed by atoms with Crippen LogP contribution in [0.25, 0.3) is 11.4 Å². The number of nitrogens with zero attached hydrogens (tertiary/aromatic N) is 3. The lowest BCUT2D eigenvalue weighted by Crippen LogP contribution is -2.42. The molecule has 2 heterocycles. The van der Waals surface area contributed by atoms with Gasteiger partial charge in [-0.15, -0.1) is 0 Å². The SMILES string of the molecule is COc1cccc(-c2noc(CN3CCOC[C@@H]3C)n2)c1. The zero-order valence-electron chi connectivity index (χ0n) is 12.3. The van der Waals surface area contributed by atoms with Crippen LogP contribution in [-0.2, 0) is 11.3 Å². The summed E-state index contributed by atoms with van der Waals surface area (Å²) in [6, 6.07) is 8.00. The van der Waals surface area contributed by atoms with Crippen LogP contribution in [0.3, 0.4) is 0 Å². The first-order valence-corrected chi connectivity index (χ1v) is 7.05. The summed E-state index contributed by atoms with van der Waals surface area (Å²) in [6.45, 7) is 5.18. The van der Waals surface area contributed by atoms with Crippen molar-refractivity contribution in [1.82, 2.24) is 15.0 Å². The predicted octanol–water partition coefficient (Wildman–Crippen LogP) is 1.97. The van der Waals surface area contributed by atoms with Crippen LogP contribution in [0.5, 0.6) is 5.75 Å². The molecule has 3 rings (SSSR count). The first kappa shape index (κ1) is 14.0. The van der Waals surface area contributed by atoms with Crippen LogP contribution in [0.15, 0.2) is 28.8 Å². The largest absolute Gasteiger partial charge is 0.497 e. The number of ether oxygens (including phenoxy) is 2. The van der Waals surface area contributed by atoms with E-state index in [2.05, 4.69) is 22.0 Å². The van der Waals surface area contributed by atoms with E-state index >= 15 is 0 Å². The molecule has 1 saturated heterocycles. The van der Waals surface area contributed by atoms with Crippen molar-refractivity contribution in [2.45, 2.75) is 19.5 Å². The number of aromatic nitrogens is 2. The number of hydrogen-bond acceptors (Lipinski definition) is 6. The van der Waals surface area contributed by atoms with Gasteiger partial charge in [0.25, 0.3) is 0 Å². The average molecular weight is 289 g/mol.